The van der Waals surface area contributed by atoms with Crippen LogP contribution >= 0.6 is 0 Å². The van der Waals surface area contributed by atoms with Gasteiger partial charge in [0.2, 0.25) is 0 Å². The number of aryl methyl sites for hydroxylation is 2. The summed E-state index contributed by atoms with van der Waals surface area (Å²) in [5.74, 6) is 0.695. The molecule has 22 heavy (non-hydrogen) atoms. The van der Waals surface area contributed by atoms with Crippen LogP contribution < -0.4 is 11.1 Å². The van der Waals surface area contributed by atoms with E-state index in [9.17, 15) is 10.1 Å². The number of aromatic nitrogens is 1. The summed E-state index contributed by atoms with van der Waals surface area (Å²) < 4.78 is 0. The Kier molecular flexibility index (Phi) is 3.66. The highest BCUT2D eigenvalue weighted by molar-refractivity contribution is 5.52. The molecule has 6 heteroatoms. The monoisotopic (exact) mass is 298 g/mol. The lowest BCUT2D eigenvalue weighted by atomic mass is 9.87. The summed E-state index contributed by atoms with van der Waals surface area (Å²) in [6.07, 6.45) is 4.42. The van der Waals surface area contributed by atoms with E-state index in [-0.39, 0.29) is 11.7 Å². The van der Waals surface area contributed by atoms with E-state index in [1.165, 1.54) is 17.3 Å². The first-order valence-corrected chi connectivity index (χ1v) is 7.30. The van der Waals surface area contributed by atoms with Crippen LogP contribution in [0.15, 0.2) is 30.5 Å². The molecular formula is C16H18N4O2. The molecule has 0 aliphatic heterocycles. The maximum Gasteiger partial charge on any atom is 0.287 e. The second kappa shape index (κ2) is 5.63. The standard InChI is InChI=1S/C16H18N4O2/c1-10-7-13(20(21)22)9-18-16(10)19-15-4-2-3-11-8-12(17)5-6-14(11)15/h5-9,15H,2-4,17H2,1H3,(H,18,19). The van der Waals surface area contributed by atoms with Crippen LogP contribution in [0, 0.1) is 17.0 Å². The maximum absolute atomic E-state index is 10.8. The van der Waals surface area contributed by atoms with Gasteiger partial charge >= 0.3 is 0 Å². The van der Waals surface area contributed by atoms with E-state index in [0.717, 1.165) is 30.5 Å². The minimum absolute atomic E-state index is 0.0138. The fourth-order valence-electron chi connectivity index (χ4n) is 2.96. The summed E-state index contributed by atoms with van der Waals surface area (Å²) in [7, 11) is 0. The topological polar surface area (TPSA) is 94.1 Å². The van der Waals surface area contributed by atoms with Crippen molar-refractivity contribution in [3.05, 3.63) is 57.3 Å². The third-order valence-electron chi connectivity index (χ3n) is 4.07. The summed E-state index contributed by atoms with van der Waals surface area (Å²) >= 11 is 0. The summed E-state index contributed by atoms with van der Waals surface area (Å²) in [5.41, 5.74) is 9.93. The fraction of sp³-hybridized carbons (Fsp3) is 0.312. The number of nitrogens with two attached hydrogens (primary N) is 1. The van der Waals surface area contributed by atoms with E-state index >= 15 is 0 Å². The van der Waals surface area contributed by atoms with E-state index in [1.807, 2.05) is 19.1 Å². The lowest BCUT2D eigenvalue weighted by molar-refractivity contribution is -0.385. The van der Waals surface area contributed by atoms with Gasteiger partial charge in [0.25, 0.3) is 5.69 Å². The van der Waals surface area contributed by atoms with Crippen LogP contribution in [-0.2, 0) is 6.42 Å². The molecule has 0 bridgehead atoms. The molecule has 114 valence electrons. The molecule has 0 spiro atoms. The lowest BCUT2D eigenvalue weighted by Crippen LogP contribution is -2.18. The Morgan fingerprint density at radius 1 is 1.41 bits per heavy atom. The van der Waals surface area contributed by atoms with Crippen molar-refractivity contribution >= 4 is 17.2 Å². The van der Waals surface area contributed by atoms with Gasteiger partial charge in [-0.1, -0.05) is 6.07 Å². The molecule has 0 saturated carbocycles. The molecule has 1 aliphatic rings. The predicted molar refractivity (Wildman–Crippen MR) is 85.8 cm³/mol. The third kappa shape index (κ3) is 2.72. The van der Waals surface area contributed by atoms with Crippen LogP contribution in [0.5, 0.6) is 0 Å². The normalized spacial score (nSPS) is 16.9. The summed E-state index contributed by atoms with van der Waals surface area (Å²) in [6.45, 7) is 1.83. The van der Waals surface area contributed by atoms with Crippen LogP contribution in [0.2, 0.25) is 0 Å². The molecule has 0 amide bonds. The number of pyridine rings is 1. The Bertz CT molecular complexity index is 730. The van der Waals surface area contributed by atoms with Crippen LogP contribution in [0.1, 0.15) is 35.6 Å². The van der Waals surface area contributed by atoms with Crippen LogP contribution in [-0.4, -0.2) is 9.91 Å². The number of nitro groups is 1. The first-order chi connectivity index (χ1) is 10.5. The molecule has 0 radical (unpaired) electrons. The zero-order valence-corrected chi connectivity index (χ0v) is 12.4. The van der Waals surface area contributed by atoms with Crippen molar-refractivity contribution in [2.75, 3.05) is 11.1 Å². The van der Waals surface area contributed by atoms with E-state index < -0.39 is 4.92 Å². The van der Waals surface area contributed by atoms with Gasteiger partial charge in [0, 0.05) is 11.8 Å². The first-order valence-electron chi connectivity index (χ1n) is 7.30. The van der Waals surface area contributed by atoms with Crippen molar-refractivity contribution in [1.82, 2.24) is 4.98 Å². The number of nitrogens with zero attached hydrogens (tertiary/aromatic N) is 2. The molecular weight excluding hydrogens is 280 g/mol. The highest BCUT2D eigenvalue weighted by Gasteiger charge is 2.21. The summed E-state index contributed by atoms with van der Waals surface area (Å²) in [5, 5.41) is 14.2. The molecule has 1 heterocycles. The minimum Gasteiger partial charge on any atom is -0.399 e. The van der Waals surface area contributed by atoms with E-state index in [0.29, 0.717) is 5.82 Å². The SMILES string of the molecule is Cc1cc([N+](=O)[O-])cnc1NC1CCCc2cc(N)ccc21. The van der Waals surface area contributed by atoms with Crippen molar-refractivity contribution in [3.63, 3.8) is 0 Å². The minimum atomic E-state index is -0.428. The van der Waals surface area contributed by atoms with Crippen molar-refractivity contribution < 1.29 is 4.92 Å². The van der Waals surface area contributed by atoms with Crippen molar-refractivity contribution in [2.45, 2.75) is 32.2 Å². The van der Waals surface area contributed by atoms with Crippen molar-refractivity contribution in [1.29, 1.82) is 0 Å². The zero-order valence-electron chi connectivity index (χ0n) is 12.4. The molecule has 3 N–H and O–H groups in total. The highest BCUT2D eigenvalue weighted by atomic mass is 16.6. The van der Waals surface area contributed by atoms with Gasteiger partial charge in [-0.05, 0) is 55.0 Å². The molecule has 1 aromatic carbocycles. The van der Waals surface area contributed by atoms with Gasteiger partial charge < -0.3 is 11.1 Å². The number of nitrogen functional groups attached to an aromatic ring is 1. The van der Waals surface area contributed by atoms with Gasteiger partial charge in [-0.3, -0.25) is 10.1 Å². The number of rotatable bonds is 3. The fourth-order valence-corrected chi connectivity index (χ4v) is 2.96. The van der Waals surface area contributed by atoms with Crippen LogP contribution in [0.25, 0.3) is 0 Å². The van der Waals surface area contributed by atoms with Crippen molar-refractivity contribution in [3.8, 4) is 0 Å². The molecule has 1 unspecified atom stereocenters. The molecule has 0 fully saturated rings. The Labute approximate surface area is 128 Å². The summed E-state index contributed by atoms with van der Waals surface area (Å²) in [6, 6.07) is 7.70. The van der Waals surface area contributed by atoms with Crippen LogP contribution in [0.3, 0.4) is 0 Å². The molecule has 0 saturated heterocycles. The smallest absolute Gasteiger partial charge is 0.287 e. The molecule has 1 aromatic heterocycles. The van der Waals surface area contributed by atoms with Crippen LogP contribution in [0.4, 0.5) is 17.2 Å². The Hall–Kier alpha value is -2.63. The molecule has 6 nitrogen and oxygen atoms in total. The molecule has 2 aromatic rings. The van der Waals surface area contributed by atoms with Gasteiger partial charge in [0.05, 0.1) is 11.0 Å². The Morgan fingerprint density at radius 2 is 2.23 bits per heavy atom. The quantitative estimate of drug-likeness (QED) is 0.514. The second-order valence-corrected chi connectivity index (χ2v) is 5.66. The average Bonchev–Trinajstić information content (AvgIpc) is 2.49. The zero-order chi connectivity index (χ0) is 15.7. The van der Waals surface area contributed by atoms with E-state index in [2.05, 4.69) is 16.4 Å². The third-order valence-corrected chi connectivity index (χ3v) is 4.07. The number of nitrogens with one attached hydrogen (secondary N) is 1. The molecule has 1 atom stereocenters. The number of benzene rings is 1. The van der Waals surface area contributed by atoms with Gasteiger partial charge in [-0.15, -0.1) is 0 Å². The predicted octanol–water partition coefficient (Wildman–Crippen LogP) is 3.37. The van der Waals surface area contributed by atoms with Gasteiger partial charge in [-0.25, -0.2) is 4.98 Å². The molecule has 3 rings (SSSR count). The maximum atomic E-state index is 10.8. The number of hydrogen-bond acceptors (Lipinski definition) is 5. The highest BCUT2D eigenvalue weighted by Crippen LogP contribution is 2.34. The second-order valence-electron chi connectivity index (χ2n) is 5.66. The molecule has 1 aliphatic carbocycles. The number of fused-ring (bicyclic) bond motifs is 1. The average molecular weight is 298 g/mol. The van der Waals surface area contributed by atoms with Gasteiger partial charge in [-0.2, -0.15) is 0 Å². The van der Waals surface area contributed by atoms with Gasteiger partial charge in [0.15, 0.2) is 0 Å². The first kappa shape index (κ1) is 14.3. The summed E-state index contributed by atoms with van der Waals surface area (Å²) in [4.78, 5) is 14.6. The largest absolute Gasteiger partial charge is 0.399 e. The van der Waals surface area contributed by atoms with E-state index in [1.54, 1.807) is 6.07 Å². The van der Waals surface area contributed by atoms with Gasteiger partial charge in [0.1, 0.15) is 12.0 Å². The van der Waals surface area contributed by atoms with Crippen molar-refractivity contribution in [2.24, 2.45) is 0 Å². The Balaban J connectivity index is 1.87. The lowest BCUT2D eigenvalue weighted by Gasteiger charge is -2.27. The Morgan fingerprint density at radius 3 is 2.95 bits per heavy atom. The number of hydrogen-bond donors (Lipinski definition) is 2. The van der Waals surface area contributed by atoms with E-state index in [4.69, 9.17) is 5.73 Å². The number of anilines is 2.